The van der Waals surface area contributed by atoms with Gasteiger partial charge in [0.1, 0.15) is 0 Å². The van der Waals surface area contributed by atoms with Crippen LogP contribution in [0.1, 0.15) is 18.2 Å². The maximum absolute atomic E-state index is 4.10. The Morgan fingerprint density at radius 2 is 2.36 bits per heavy atom. The van der Waals surface area contributed by atoms with Gasteiger partial charge in [0.2, 0.25) is 0 Å². The lowest BCUT2D eigenvalue weighted by atomic mass is 9.89. The molecule has 0 aliphatic carbocycles. The molecule has 1 aliphatic heterocycles. The molecule has 2 heterocycles. The second kappa shape index (κ2) is 3.37. The molecule has 1 unspecified atom stereocenters. The largest absolute Gasteiger partial charge is 0.313 e. The standard InChI is InChI=1S/C10H18N4/c1-8-9(6-12-13-8)10(2)7-11-4-5-14(10)3/h6,11H,4-5,7H2,1-3H3,(H,12,13). The van der Waals surface area contributed by atoms with Crippen LogP contribution in [0.25, 0.3) is 0 Å². The first-order valence-corrected chi connectivity index (χ1v) is 5.07. The molecule has 78 valence electrons. The summed E-state index contributed by atoms with van der Waals surface area (Å²) in [6, 6.07) is 0. The third-order valence-corrected chi connectivity index (χ3v) is 3.35. The first-order valence-electron chi connectivity index (χ1n) is 5.07. The molecule has 1 aromatic rings. The predicted octanol–water partition coefficient (Wildman–Crippen LogP) is 0.468. The van der Waals surface area contributed by atoms with Crippen molar-refractivity contribution in [1.82, 2.24) is 20.4 Å². The molecule has 1 aromatic heterocycles. The van der Waals surface area contributed by atoms with Crippen molar-refractivity contribution in [3.05, 3.63) is 17.5 Å². The minimum atomic E-state index is 0.0787. The van der Waals surface area contributed by atoms with Crippen LogP contribution in [0.3, 0.4) is 0 Å². The summed E-state index contributed by atoms with van der Waals surface area (Å²) in [7, 11) is 2.17. The lowest BCUT2D eigenvalue weighted by Crippen LogP contribution is -2.55. The maximum atomic E-state index is 4.10. The van der Waals surface area contributed by atoms with Crippen molar-refractivity contribution in [2.45, 2.75) is 19.4 Å². The van der Waals surface area contributed by atoms with E-state index >= 15 is 0 Å². The highest BCUT2D eigenvalue weighted by atomic mass is 15.2. The zero-order chi connectivity index (χ0) is 10.2. The van der Waals surface area contributed by atoms with Crippen LogP contribution in [-0.4, -0.2) is 41.8 Å². The summed E-state index contributed by atoms with van der Waals surface area (Å²) in [6.45, 7) is 7.49. The fourth-order valence-electron chi connectivity index (χ4n) is 2.15. The molecule has 0 radical (unpaired) electrons. The normalized spacial score (nSPS) is 29.4. The van der Waals surface area contributed by atoms with Gasteiger partial charge >= 0.3 is 0 Å². The molecule has 0 aromatic carbocycles. The fourth-order valence-corrected chi connectivity index (χ4v) is 2.15. The Morgan fingerprint density at radius 1 is 1.57 bits per heavy atom. The number of aromatic amines is 1. The van der Waals surface area contributed by atoms with Gasteiger partial charge in [-0.1, -0.05) is 0 Å². The molecule has 1 fully saturated rings. The molecule has 0 saturated carbocycles. The van der Waals surface area contributed by atoms with E-state index in [4.69, 9.17) is 0 Å². The van der Waals surface area contributed by atoms with E-state index < -0.39 is 0 Å². The van der Waals surface area contributed by atoms with E-state index in [1.165, 1.54) is 11.3 Å². The molecule has 14 heavy (non-hydrogen) atoms. The molecular formula is C10H18N4. The number of aryl methyl sites for hydroxylation is 1. The highest BCUT2D eigenvalue weighted by Crippen LogP contribution is 2.29. The van der Waals surface area contributed by atoms with Crippen molar-refractivity contribution < 1.29 is 0 Å². The van der Waals surface area contributed by atoms with Gasteiger partial charge in [-0.3, -0.25) is 10.00 Å². The fraction of sp³-hybridized carbons (Fsp3) is 0.700. The molecule has 1 aliphatic rings. The van der Waals surface area contributed by atoms with Gasteiger partial charge in [-0.05, 0) is 20.9 Å². The van der Waals surface area contributed by atoms with E-state index in [0.29, 0.717) is 0 Å². The van der Waals surface area contributed by atoms with Crippen molar-refractivity contribution in [1.29, 1.82) is 0 Å². The summed E-state index contributed by atoms with van der Waals surface area (Å²) in [5.74, 6) is 0. The van der Waals surface area contributed by atoms with Crippen molar-refractivity contribution in [2.75, 3.05) is 26.7 Å². The summed E-state index contributed by atoms with van der Waals surface area (Å²) in [4.78, 5) is 2.39. The van der Waals surface area contributed by atoms with Crippen LogP contribution in [0.4, 0.5) is 0 Å². The van der Waals surface area contributed by atoms with Crippen LogP contribution in [0.15, 0.2) is 6.20 Å². The monoisotopic (exact) mass is 194 g/mol. The van der Waals surface area contributed by atoms with Gasteiger partial charge in [-0.15, -0.1) is 0 Å². The Kier molecular flexibility index (Phi) is 2.33. The van der Waals surface area contributed by atoms with Crippen LogP contribution in [-0.2, 0) is 5.54 Å². The van der Waals surface area contributed by atoms with Crippen molar-refractivity contribution in [3.8, 4) is 0 Å². The van der Waals surface area contributed by atoms with Crippen molar-refractivity contribution in [3.63, 3.8) is 0 Å². The Hall–Kier alpha value is -0.870. The highest BCUT2D eigenvalue weighted by molar-refractivity contribution is 5.25. The minimum absolute atomic E-state index is 0.0787. The number of nitrogens with zero attached hydrogens (tertiary/aromatic N) is 2. The summed E-state index contributed by atoms with van der Waals surface area (Å²) in [5.41, 5.74) is 2.55. The highest BCUT2D eigenvalue weighted by Gasteiger charge is 2.35. The van der Waals surface area contributed by atoms with Crippen LogP contribution in [0, 0.1) is 6.92 Å². The SMILES string of the molecule is Cc1[nH]ncc1C1(C)CNCCN1C. The van der Waals surface area contributed by atoms with Gasteiger partial charge in [0.15, 0.2) is 0 Å². The zero-order valence-corrected chi connectivity index (χ0v) is 9.09. The van der Waals surface area contributed by atoms with Crippen LogP contribution in [0.5, 0.6) is 0 Å². The Balaban J connectivity index is 2.34. The maximum Gasteiger partial charge on any atom is 0.0589 e. The van der Waals surface area contributed by atoms with Crippen molar-refractivity contribution in [2.24, 2.45) is 0 Å². The first-order chi connectivity index (χ1) is 6.64. The predicted molar refractivity (Wildman–Crippen MR) is 56.2 cm³/mol. The molecule has 1 saturated heterocycles. The molecular weight excluding hydrogens is 176 g/mol. The van der Waals surface area contributed by atoms with Gasteiger partial charge < -0.3 is 5.32 Å². The quantitative estimate of drug-likeness (QED) is 0.683. The lowest BCUT2D eigenvalue weighted by molar-refractivity contribution is 0.103. The number of piperazine rings is 1. The molecule has 4 heteroatoms. The third kappa shape index (κ3) is 1.35. The topological polar surface area (TPSA) is 44.0 Å². The van der Waals surface area contributed by atoms with E-state index in [1.54, 1.807) is 0 Å². The molecule has 2 rings (SSSR count). The molecule has 0 bridgehead atoms. The van der Waals surface area contributed by atoms with Crippen LogP contribution in [0.2, 0.25) is 0 Å². The van der Waals surface area contributed by atoms with Crippen LogP contribution < -0.4 is 5.32 Å². The van der Waals surface area contributed by atoms with Gasteiger partial charge in [0.25, 0.3) is 0 Å². The van der Waals surface area contributed by atoms with Gasteiger partial charge in [0, 0.05) is 30.9 Å². The second-order valence-corrected chi connectivity index (χ2v) is 4.28. The summed E-state index contributed by atoms with van der Waals surface area (Å²) >= 11 is 0. The summed E-state index contributed by atoms with van der Waals surface area (Å²) in [6.07, 6.45) is 1.94. The van der Waals surface area contributed by atoms with E-state index in [2.05, 4.69) is 41.3 Å². The Bertz CT molecular complexity index is 320. The number of hydrogen-bond donors (Lipinski definition) is 2. The number of H-pyrrole nitrogens is 1. The second-order valence-electron chi connectivity index (χ2n) is 4.28. The molecule has 4 nitrogen and oxygen atoms in total. The Labute approximate surface area is 84.7 Å². The molecule has 2 N–H and O–H groups in total. The number of rotatable bonds is 1. The summed E-state index contributed by atoms with van der Waals surface area (Å²) in [5, 5.41) is 10.5. The van der Waals surface area contributed by atoms with E-state index in [-0.39, 0.29) is 5.54 Å². The summed E-state index contributed by atoms with van der Waals surface area (Å²) < 4.78 is 0. The number of nitrogens with one attached hydrogen (secondary N) is 2. The van der Waals surface area contributed by atoms with Gasteiger partial charge in [-0.2, -0.15) is 5.10 Å². The number of aromatic nitrogens is 2. The molecule has 0 amide bonds. The molecule has 0 spiro atoms. The number of hydrogen-bond acceptors (Lipinski definition) is 3. The average molecular weight is 194 g/mol. The van der Waals surface area contributed by atoms with Gasteiger partial charge in [0.05, 0.1) is 11.7 Å². The van der Waals surface area contributed by atoms with Gasteiger partial charge in [-0.25, -0.2) is 0 Å². The van der Waals surface area contributed by atoms with E-state index in [9.17, 15) is 0 Å². The van der Waals surface area contributed by atoms with E-state index in [0.717, 1.165) is 19.6 Å². The lowest BCUT2D eigenvalue weighted by Gasteiger charge is -2.43. The van der Waals surface area contributed by atoms with Crippen molar-refractivity contribution >= 4 is 0 Å². The number of likely N-dealkylation sites (N-methyl/N-ethyl adjacent to an activating group) is 1. The first kappa shape index (κ1) is 9.68. The Morgan fingerprint density at radius 3 is 2.93 bits per heavy atom. The van der Waals surface area contributed by atoms with E-state index in [1.807, 2.05) is 6.20 Å². The van der Waals surface area contributed by atoms with Crippen LogP contribution >= 0.6 is 0 Å². The smallest absolute Gasteiger partial charge is 0.0589 e. The average Bonchev–Trinajstić information content (AvgIpc) is 2.57. The molecule has 1 atom stereocenters. The minimum Gasteiger partial charge on any atom is -0.313 e. The third-order valence-electron chi connectivity index (χ3n) is 3.35. The zero-order valence-electron chi connectivity index (χ0n) is 9.09.